The van der Waals surface area contributed by atoms with Gasteiger partial charge in [-0.15, -0.1) is 0 Å². The third-order valence-corrected chi connectivity index (χ3v) is 3.19. The number of aromatic nitrogens is 1. The highest BCUT2D eigenvalue weighted by Crippen LogP contribution is 2.21. The van der Waals surface area contributed by atoms with Crippen molar-refractivity contribution in [2.75, 3.05) is 19.7 Å². The second kappa shape index (κ2) is 4.33. The maximum Gasteiger partial charge on any atom is 0.138 e. The smallest absolute Gasteiger partial charge is 0.138 e. The summed E-state index contributed by atoms with van der Waals surface area (Å²) in [6.45, 7) is 7.19. The van der Waals surface area contributed by atoms with Crippen LogP contribution in [0.4, 0.5) is 0 Å². The Morgan fingerprint density at radius 2 is 2.33 bits per heavy atom. The van der Waals surface area contributed by atoms with Crippen LogP contribution < -0.4 is 0 Å². The van der Waals surface area contributed by atoms with Crippen molar-refractivity contribution in [3.63, 3.8) is 0 Å². The van der Waals surface area contributed by atoms with Crippen LogP contribution in [-0.4, -0.2) is 34.9 Å². The van der Waals surface area contributed by atoms with Gasteiger partial charge in [0.15, 0.2) is 0 Å². The van der Waals surface area contributed by atoms with Gasteiger partial charge in [0.1, 0.15) is 5.76 Å². The number of aliphatic hydroxyl groups is 1. The molecule has 0 amide bonds. The molecule has 1 saturated heterocycles. The van der Waals surface area contributed by atoms with Crippen LogP contribution in [-0.2, 0) is 6.54 Å². The van der Waals surface area contributed by atoms with Crippen LogP contribution >= 0.6 is 0 Å². The van der Waals surface area contributed by atoms with Gasteiger partial charge in [-0.3, -0.25) is 4.90 Å². The molecule has 1 aromatic rings. The van der Waals surface area contributed by atoms with Crippen LogP contribution in [0.3, 0.4) is 0 Å². The maximum absolute atomic E-state index is 9.06. The molecule has 0 aliphatic carbocycles. The van der Waals surface area contributed by atoms with Gasteiger partial charge in [0.05, 0.1) is 5.69 Å². The molecule has 2 heterocycles. The molecular formula is C11H18N2O2. The second-order valence-corrected chi connectivity index (χ2v) is 4.38. The zero-order valence-corrected chi connectivity index (χ0v) is 9.36. The summed E-state index contributed by atoms with van der Waals surface area (Å²) >= 11 is 0. The Morgan fingerprint density at radius 1 is 1.53 bits per heavy atom. The van der Waals surface area contributed by atoms with Crippen LogP contribution in [0.1, 0.15) is 23.4 Å². The van der Waals surface area contributed by atoms with Crippen molar-refractivity contribution in [3.05, 3.63) is 17.0 Å². The van der Waals surface area contributed by atoms with Crippen molar-refractivity contribution in [2.24, 2.45) is 5.92 Å². The van der Waals surface area contributed by atoms with Crippen LogP contribution in [0.2, 0.25) is 0 Å². The fraction of sp³-hybridized carbons (Fsp3) is 0.727. The Balaban J connectivity index is 1.98. The first-order valence-electron chi connectivity index (χ1n) is 5.45. The lowest BCUT2D eigenvalue weighted by Crippen LogP contribution is -2.21. The van der Waals surface area contributed by atoms with E-state index in [1.165, 1.54) is 5.56 Å². The lowest BCUT2D eigenvalue weighted by atomic mass is 10.1. The number of hydrogen-bond donors (Lipinski definition) is 1. The summed E-state index contributed by atoms with van der Waals surface area (Å²) in [6.07, 6.45) is 1.10. The molecule has 0 spiro atoms. The molecule has 2 rings (SSSR count). The highest BCUT2D eigenvalue weighted by atomic mass is 16.5. The standard InChI is InChI=1S/C11H18N2O2/c1-8-11(9(2)15-12-8)6-13-4-3-10(5-13)7-14/h10,14H,3-7H2,1-2H3. The molecule has 84 valence electrons. The van der Waals surface area contributed by atoms with Crippen molar-refractivity contribution in [1.82, 2.24) is 10.1 Å². The summed E-state index contributed by atoms with van der Waals surface area (Å²) in [5.41, 5.74) is 2.19. The lowest BCUT2D eigenvalue weighted by molar-refractivity contribution is 0.220. The number of rotatable bonds is 3. The molecule has 0 bridgehead atoms. The van der Waals surface area contributed by atoms with E-state index in [9.17, 15) is 0 Å². The molecule has 4 nitrogen and oxygen atoms in total. The maximum atomic E-state index is 9.06. The zero-order chi connectivity index (χ0) is 10.8. The van der Waals surface area contributed by atoms with Crippen molar-refractivity contribution in [2.45, 2.75) is 26.8 Å². The van der Waals surface area contributed by atoms with Gasteiger partial charge in [-0.25, -0.2) is 0 Å². The zero-order valence-electron chi connectivity index (χ0n) is 9.36. The predicted octanol–water partition coefficient (Wildman–Crippen LogP) is 1.11. The first-order valence-corrected chi connectivity index (χ1v) is 5.45. The van der Waals surface area contributed by atoms with Gasteiger partial charge in [-0.1, -0.05) is 5.16 Å². The average molecular weight is 210 g/mol. The summed E-state index contributed by atoms with van der Waals surface area (Å²) in [5, 5.41) is 13.0. The SMILES string of the molecule is Cc1noc(C)c1CN1CCC(CO)C1. The molecule has 0 saturated carbocycles. The van der Waals surface area contributed by atoms with E-state index in [1.54, 1.807) is 0 Å². The van der Waals surface area contributed by atoms with Crippen LogP contribution in [0.15, 0.2) is 4.52 Å². The number of nitrogens with zero attached hydrogens (tertiary/aromatic N) is 2. The van der Waals surface area contributed by atoms with E-state index in [2.05, 4.69) is 10.1 Å². The molecule has 1 aromatic heterocycles. The molecule has 1 unspecified atom stereocenters. The van der Waals surface area contributed by atoms with Gasteiger partial charge in [0.2, 0.25) is 0 Å². The first-order chi connectivity index (χ1) is 7.20. The summed E-state index contributed by atoms with van der Waals surface area (Å²) in [7, 11) is 0. The van der Waals surface area contributed by atoms with Crippen LogP contribution in [0.25, 0.3) is 0 Å². The predicted molar refractivity (Wildman–Crippen MR) is 56.4 cm³/mol. The van der Waals surface area contributed by atoms with E-state index >= 15 is 0 Å². The molecule has 15 heavy (non-hydrogen) atoms. The monoisotopic (exact) mass is 210 g/mol. The van der Waals surface area contributed by atoms with E-state index < -0.39 is 0 Å². The second-order valence-electron chi connectivity index (χ2n) is 4.38. The van der Waals surface area contributed by atoms with E-state index in [4.69, 9.17) is 9.63 Å². The summed E-state index contributed by atoms with van der Waals surface area (Å²) in [6, 6.07) is 0. The average Bonchev–Trinajstić information content (AvgIpc) is 2.80. The highest BCUT2D eigenvalue weighted by Gasteiger charge is 2.23. The van der Waals surface area contributed by atoms with Gasteiger partial charge in [-0.2, -0.15) is 0 Å². The first kappa shape index (κ1) is 10.6. The largest absolute Gasteiger partial charge is 0.396 e. The van der Waals surface area contributed by atoms with Gasteiger partial charge in [0.25, 0.3) is 0 Å². The molecule has 4 heteroatoms. The molecule has 1 N–H and O–H groups in total. The van der Waals surface area contributed by atoms with Gasteiger partial charge >= 0.3 is 0 Å². The van der Waals surface area contributed by atoms with Gasteiger partial charge in [0, 0.05) is 25.3 Å². The van der Waals surface area contributed by atoms with Crippen LogP contribution in [0, 0.1) is 19.8 Å². The van der Waals surface area contributed by atoms with E-state index in [-0.39, 0.29) is 0 Å². The van der Waals surface area contributed by atoms with Crippen molar-refractivity contribution < 1.29 is 9.63 Å². The minimum atomic E-state index is 0.304. The van der Waals surface area contributed by atoms with Crippen molar-refractivity contribution >= 4 is 0 Å². The van der Waals surface area contributed by atoms with Gasteiger partial charge < -0.3 is 9.63 Å². The fourth-order valence-corrected chi connectivity index (χ4v) is 2.16. The van der Waals surface area contributed by atoms with E-state index in [0.29, 0.717) is 12.5 Å². The number of aliphatic hydroxyl groups excluding tert-OH is 1. The van der Waals surface area contributed by atoms with E-state index in [1.807, 2.05) is 13.8 Å². The Kier molecular flexibility index (Phi) is 3.07. The third-order valence-electron chi connectivity index (χ3n) is 3.19. The van der Waals surface area contributed by atoms with E-state index in [0.717, 1.165) is 37.5 Å². The Morgan fingerprint density at radius 3 is 2.87 bits per heavy atom. The Hall–Kier alpha value is -0.870. The molecule has 1 atom stereocenters. The Labute approximate surface area is 89.9 Å². The third kappa shape index (κ3) is 2.21. The van der Waals surface area contributed by atoms with Gasteiger partial charge in [-0.05, 0) is 32.7 Å². The number of aryl methyl sites for hydroxylation is 2. The topological polar surface area (TPSA) is 49.5 Å². The molecule has 0 radical (unpaired) electrons. The number of likely N-dealkylation sites (tertiary alicyclic amines) is 1. The quantitative estimate of drug-likeness (QED) is 0.811. The molecule has 1 aliphatic rings. The van der Waals surface area contributed by atoms with Crippen molar-refractivity contribution in [1.29, 1.82) is 0 Å². The normalized spacial score (nSPS) is 22.5. The van der Waals surface area contributed by atoms with Crippen LogP contribution in [0.5, 0.6) is 0 Å². The molecular weight excluding hydrogens is 192 g/mol. The highest BCUT2D eigenvalue weighted by molar-refractivity contribution is 5.20. The molecule has 1 fully saturated rings. The Bertz CT molecular complexity index is 316. The minimum absolute atomic E-state index is 0.304. The molecule has 1 aliphatic heterocycles. The summed E-state index contributed by atoms with van der Waals surface area (Å²) < 4.78 is 5.13. The fourth-order valence-electron chi connectivity index (χ4n) is 2.16. The minimum Gasteiger partial charge on any atom is -0.396 e. The molecule has 0 aromatic carbocycles. The lowest BCUT2D eigenvalue weighted by Gasteiger charge is -2.14. The summed E-state index contributed by atoms with van der Waals surface area (Å²) in [4.78, 5) is 2.35. The number of hydrogen-bond acceptors (Lipinski definition) is 4. The summed E-state index contributed by atoms with van der Waals surface area (Å²) in [5.74, 6) is 1.37. The van der Waals surface area contributed by atoms with Crippen molar-refractivity contribution in [3.8, 4) is 0 Å².